The molecule has 2 unspecified atom stereocenters. The highest BCUT2D eigenvalue weighted by atomic mass is 32.2. The smallest absolute Gasteiger partial charge is 0.317 e. The highest BCUT2D eigenvalue weighted by molar-refractivity contribution is 7.88. The molecule has 8 nitrogen and oxygen atoms in total. The summed E-state index contributed by atoms with van der Waals surface area (Å²) in [7, 11) is -3.26. The van der Waals surface area contributed by atoms with Gasteiger partial charge in [-0.1, -0.05) is 6.92 Å². The van der Waals surface area contributed by atoms with Gasteiger partial charge in [-0.25, -0.2) is 17.9 Å². The molecule has 1 aliphatic rings. The fourth-order valence-electron chi connectivity index (χ4n) is 1.97. The predicted octanol–water partition coefficient (Wildman–Crippen LogP) is -1.10. The molecule has 0 aromatic rings. The van der Waals surface area contributed by atoms with Crippen LogP contribution in [-0.4, -0.2) is 62.9 Å². The molecule has 1 fully saturated rings. The summed E-state index contributed by atoms with van der Waals surface area (Å²) >= 11 is 0. The number of urea groups is 1. The molecule has 19 heavy (non-hydrogen) atoms. The molecule has 3 N–H and O–H groups in total. The van der Waals surface area contributed by atoms with Crippen molar-refractivity contribution in [1.29, 1.82) is 0 Å². The van der Waals surface area contributed by atoms with Crippen molar-refractivity contribution in [2.75, 3.05) is 32.4 Å². The van der Waals surface area contributed by atoms with E-state index in [0.29, 0.717) is 6.54 Å². The summed E-state index contributed by atoms with van der Waals surface area (Å²) in [6, 6.07) is -0.370. The van der Waals surface area contributed by atoms with E-state index in [2.05, 4.69) is 10.0 Å². The highest BCUT2D eigenvalue weighted by Crippen LogP contribution is 2.22. The summed E-state index contributed by atoms with van der Waals surface area (Å²) < 4.78 is 23.8. The van der Waals surface area contributed by atoms with E-state index in [9.17, 15) is 18.0 Å². The second-order valence-electron chi connectivity index (χ2n) is 4.73. The van der Waals surface area contributed by atoms with Crippen LogP contribution >= 0.6 is 0 Å². The molecule has 1 heterocycles. The maximum atomic E-state index is 11.7. The van der Waals surface area contributed by atoms with Crippen LogP contribution in [0.4, 0.5) is 4.79 Å². The maximum Gasteiger partial charge on any atom is 0.317 e. The van der Waals surface area contributed by atoms with E-state index in [1.165, 1.54) is 4.90 Å². The van der Waals surface area contributed by atoms with Crippen LogP contribution in [0.2, 0.25) is 0 Å². The zero-order valence-electron chi connectivity index (χ0n) is 10.9. The van der Waals surface area contributed by atoms with Crippen molar-refractivity contribution in [3.63, 3.8) is 0 Å². The van der Waals surface area contributed by atoms with Crippen LogP contribution in [0, 0.1) is 11.8 Å². The average molecular weight is 293 g/mol. The first-order valence-corrected chi connectivity index (χ1v) is 7.80. The number of carbonyl (C=O) groups is 2. The molecule has 0 bridgehead atoms. The van der Waals surface area contributed by atoms with Gasteiger partial charge in [0.05, 0.1) is 12.2 Å². The number of nitrogens with zero attached hydrogens (tertiary/aromatic N) is 1. The number of rotatable bonds is 5. The zero-order valence-corrected chi connectivity index (χ0v) is 11.7. The second-order valence-corrected chi connectivity index (χ2v) is 6.56. The summed E-state index contributed by atoms with van der Waals surface area (Å²) in [4.78, 5) is 24.1. The Hall–Kier alpha value is -1.35. The topological polar surface area (TPSA) is 116 Å². The van der Waals surface area contributed by atoms with Gasteiger partial charge < -0.3 is 15.3 Å². The van der Waals surface area contributed by atoms with Gasteiger partial charge in [-0.15, -0.1) is 0 Å². The van der Waals surface area contributed by atoms with Crippen molar-refractivity contribution >= 4 is 22.0 Å². The molecule has 9 heteroatoms. The Morgan fingerprint density at radius 3 is 2.42 bits per heavy atom. The Labute approximate surface area is 112 Å². The SMILES string of the molecule is CC1CN(C(=O)NCCNS(C)(=O)=O)CC1C(=O)O. The predicted molar refractivity (Wildman–Crippen MR) is 68.1 cm³/mol. The first kappa shape index (κ1) is 15.7. The highest BCUT2D eigenvalue weighted by Gasteiger charge is 2.36. The summed E-state index contributed by atoms with van der Waals surface area (Å²) in [6.45, 7) is 2.63. The van der Waals surface area contributed by atoms with E-state index in [0.717, 1.165) is 6.26 Å². The summed E-state index contributed by atoms with van der Waals surface area (Å²) in [6.07, 6.45) is 1.04. The van der Waals surface area contributed by atoms with Gasteiger partial charge in [0.25, 0.3) is 0 Å². The number of carbonyl (C=O) groups excluding carboxylic acids is 1. The zero-order chi connectivity index (χ0) is 14.6. The third-order valence-electron chi connectivity index (χ3n) is 2.98. The molecule has 0 aliphatic carbocycles. The van der Waals surface area contributed by atoms with Crippen molar-refractivity contribution in [3.8, 4) is 0 Å². The molecular weight excluding hydrogens is 274 g/mol. The third kappa shape index (κ3) is 5.03. The van der Waals surface area contributed by atoms with Crippen molar-refractivity contribution in [3.05, 3.63) is 0 Å². The van der Waals surface area contributed by atoms with Gasteiger partial charge in [-0.05, 0) is 5.92 Å². The lowest BCUT2D eigenvalue weighted by molar-refractivity contribution is -0.142. The van der Waals surface area contributed by atoms with E-state index in [-0.39, 0.29) is 31.6 Å². The minimum atomic E-state index is -3.26. The number of amides is 2. The van der Waals surface area contributed by atoms with Gasteiger partial charge in [-0.3, -0.25) is 4.79 Å². The van der Waals surface area contributed by atoms with Crippen LogP contribution in [0.1, 0.15) is 6.92 Å². The van der Waals surface area contributed by atoms with Crippen LogP contribution in [0.3, 0.4) is 0 Å². The molecule has 0 saturated carbocycles. The molecule has 2 atom stereocenters. The lowest BCUT2D eigenvalue weighted by atomic mass is 9.99. The summed E-state index contributed by atoms with van der Waals surface area (Å²) in [5, 5.41) is 11.5. The van der Waals surface area contributed by atoms with Gasteiger partial charge in [0, 0.05) is 26.2 Å². The average Bonchev–Trinajstić information content (AvgIpc) is 2.65. The largest absolute Gasteiger partial charge is 0.481 e. The van der Waals surface area contributed by atoms with Gasteiger partial charge in [0.15, 0.2) is 0 Å². The Morgan fingerprint density at radius 2 is 1.95 bits per heavy atom. The molecule has 1 rings (SSSR count). The van der Waals surface area contributed by atoms with Crippen molar-refractivity contribution < 1.29 is 23.1 Å². The number of aliphatic carboxylic acids is 1. The normalized spacial score (nSPS) is 23.4. The van der Waals surface area contributed by atoms with Crippen molar-refractivity contribution in [1.82, 2.24) is 14.9 Å². The van der Waals surface area contributed by atoms with Gasteiger partial charge in [0.1, 0.15) is 0 Å². The van der Waals surface area contributed by atoms with E-state index in [1.807, 2.05) is 0 Å². The summed E-state index contributed by atoms with van der Waals surface area (Å²) in [5.41, 5.74) is 0. The van der Waals surface area contributed by atoms with E-state index < -0.39 is 21.9 Å². The molecule has 0 aromatic carbocycles. The van der Waals surface area contributed by atoms with Crippen molar-refractivity contribution in [2.45, 2.75) is 6.92 Å². The fraction of sp³-hybridized carbons (Fsp3) is 0.800. The Morgan fingerprint density at radius 1 is 1.32 bits per heavy atom. The van der Waals surface area contributed by atoms with Gasteiger partial charge in [-0.2, -0.15) is 0 Å². The van der Waals surface area contributed by atoms with Crippen LogP contribution in [0.15, 0.2) is 0 Å². The summed E-state index contributed by atoms with van der Waals surface area (Å²) in [5.74, 6) is -1.53. The minimum Gasteiger partial charge on any atom is -0.481 e. The minimum absolute atomic E-state index is 0.0857. The maximum absolute atomic E-state index is 11.7. The van der Waals surface area contributed by atoms with Gasteiger partial charge in [0.2, 0.25) is 10.0 Å². The lowest BCUT2D eigenvalue weighted by Gasteiger charge is -2.16. The monoisotopic (exact) mass is 293 g/mol. The number of hydrogen-bond donors (Lipinski definition) is 3. The molecule has 0 radical (unpaired) electrons. The molecule has 0 spiro atoms. The lowest BCUT2D eigenvalue weighted by Crippen LogP contribution is -2.42. The Balaban J connectivity index is 2.34. The fourth-order valence-corrected chi connectivity index (χ4v) is 2.44. The molecule has 110 valence electrons. The Bertz CT molecular complexity index is 450. The molecule has 0 aromatic heterocycles. The second kappa shape index (κ2) is 6.20. The van der Waals surface area contributed by atoms with Crippen LogP contribution < -0.4 is 10.0 Å². The number of hydrogen-bond acceptors (Lipinski definition) is 4. The van der Waals surface area contributed by atoms with Gasteiger partial charge >= 0.3 is 12.0 Å². The Kier molecular flexibility index (Phi) is 5.12. The van der Waals surface area contributed by atoms with E-state index in [4.69, 9.17) is 5.11 Å². The third-order valence-corrected chi connectivity index (χ3v) is 3.71. The quantitative estimate of drug-likeness (QED) is 0.556. The molecule has 1 aliphatic heterocycles. The van der Waals surface area contributed by atoms with E-state index >= 15 is 0 Å². The molecular formula is C10H19N3O5S. The van der Waals surface area contributed by atoms with Crippen molar-refractivity contribution in [2.24, 2.45) is 11.8 Å². The number of carboxylic acid groups (broad SMARTS) is 1. The van der Waals surface area contributed by atoms with E-state index in [1.54, 1.807) is 6.92 Å². The van der Waals surface area contributed by atoms with Crippen LogP contribution in [0.25, 0.3) is 0 Å². The number of nitrogens with one attached hydrogen (secondary N) is 2. The first-order chi connectivity index (χ1) is 8.70. The number of sulfonamides is 1. The molecule has 1 saturated heterocycles. The molecule has 2 amide bonds. The van der Waals surface area contributed by atoms with Crippen LogP contribution in [0.5, 0.6) is 0 Å². The number of likely N-dealkylation sites (tertiary alicyclic amines) is 1. The van der Waals surface area contributed by atoms with Crippen LogP contribution in [-0.2, 0) is 14.8 Å². The first-order valence-electron chi connectivity index (χ1n) is 5.91. The number of carboxylic acids is 1. The standard InChI is InChI=1S/C10H19N3O5S/c1-7-5-13(6-8(7)9(14)15)10(16)11-3-4-12-19(2,17)18/h7-8,12H,3-6H2,1-2H3,(H,11,16)(H,14,15).